The predicted molar refractivity (Wildman–Crippen MR) is 53.8 cm³/mol. The molecule has 0 radical (unpaired) electrons. The van der Waals surface area contributed by atoms with E-state index in [-0.39, 0.29) is 5.91 Å². The van der Waals surface area contributed by atoms with Gasteiger partial charge < -0.3 is 10.1 Å². The van der Waals surface area contributed by atoms with Gasteiger partial charge in [0.1, 0.15) is 0 Å². The van der Waals surface area contributed by atoms with E-state index >= 15 is 0 Å². The molecule has 3 nitrogen and oxygen atoms in total. The molecule has 0 aromatic heterocycles. The number of carbonyl (C=O) groups is 1. The third kappa shape index (κ3) is 2.47. The molecule has 0 aromatic carbocycles. The molecule has 1 N–H and O–H groups in total. The van der Waals surface area contributed by atoms with Gasteiger partial charge >= 0.3 is 0 Å². The van der Waals surface area contributed by atoms with Crippen molar-refractivity contribution in [2.24, 2.45) is 17.8 Å². The maximum absolute atomic E-state index is 10.7. The number of ether oxygens (including phenoxy) is 1. The first-order valence-electron chi connectivity index (χ1n) is 5.59. The van der Waals surface area contributed by atoms with E-state index in [4.69, 9.17) is 4.74 Å². The minimum Gasteiger partial charge on any atom is -0.381 e. The quantitative estimate of drug-likeness (QED) is 0.738. The molecule has 2 fully saturated rings. The van der Waals surface area contributed by atoms with Gasteiger partial charge in [0.2, 0.25) is 5.91 Å². The summed E-state index contributed by atoms with van der Waals surface area (Å²) in [6.07, 6.45) is 3.76. The van der Waals surface area contributed by atoms with Crippen molar-refractivity contribution in [2.75, 3.05) is 19.8 Å². The summed E-state index contributed by atoms with van der Waals surface area (Å²) < 4.78 is 5.34. The van der Waals surface area contributed by atoms with Crippen molar-refractivity contribution >= 4 is 5.91 Å². The summed E-state index contributed by atoms with van der Waals surface area (Å²) in [6.45, 7) is 4.35. The fraction of sp³-hybridized carbons (Fsp3) is 0.909. The van der Waals surface area contributed by atoms with E-state index in [2.05, 4.69) is 5.32 Å². The first-order chi connectivity index (χ1) is 6.77. The second kappa shape index (κ2) is 4.30. The van der Waals surface area contributed by atoms with Crippen molar-refractivity contribution in [3.8, 4) is 0 Å². The van der Waals surface area contributed by atoms with Crippen LogP contribution in [-0.4, -0.2) is 25.7 Å². The van der Waals surface area contributed by atoms with E-state index in [1.54, 1.807) is 6.92 Å². The van der Waals surface area contributed by atoms with Gasteiger partial charge in [0.25, 0.3) is 0 Å². The first-order valence-corrected chi connectivity index (χ1v) is 5.59. The van der Waals surface area contributed by atoms with Crippen LogP contribution in [0, 0.1) is 17.8 Å². The van der Waals surface area contributed by atoms with E-state index in [0.717, 1.165) is 37.5 Å². The summed E-state index contributed by atoms with van der Waals surface area (Å²) in [5.41, 5.74) is 0. The Kier molecular flexibility index (Phi) is 3.06. The van der Waals surface area contributed by atoms with Crippen LogP contribution in [0.1, 0.15) is 26.2 Å². The molecular formula is C11H19NO2. The molecule has 1 saturated carbocycles. The lowest BCUT2D eigenvalue weighted by atomic mass is 9.93. The third-order valence-electron chi connectivity index (χ3n) is 3.46. The van der Waals surface area contributed by atoms with Gasteiger partial charge in [0.15, 0.2) is 0 Å². The molecule has 1 amide bonds. The summed E-state index contributed by atoms with van der Waals surface area (Å²) >= 11 is 0. The first kappa shape index (κ1) is 9.97. The fourth-order valence-corrected chi connectivity index (χ4v) is 2.50. The van der Waals surface area contributed by atoms with Crippen molar-refractivity contribution in [3.63, 3.8) is 0 Å². The Morgan fingerprint density at radius 1 is 1.43 bits per heavy atom. The van der Waals surface area contributed by atoms with Crippen LogP contribution >= 0.6 is 0 Å². The van der Waals surface area contributed by atoms with Crippen LogP contribution in [0.3, 0.4) is 0 Å². The SMILES string of the molecule is CC(=O)NCC1CC1C1CCOCC1. The molecule has 2 aliphatic rings. The normalized spacial score (nSPS) is 32.6. The second-order valence-corrected chi connectivity index (χ2v) is 4.55. The topological polar surface area (TPSA) is 38.3 Å². The van der Waals surface area contributed by atoms with Crippen LogP contribution in [0.5, 0.6) is 0 Å². The lowest BCUT2D eigenvalue weighted by Gasteiger charge is -2.22. The van der Waals surface area contributed by atoms with Crippen molar-refractivity contribution in [2.45, 2.75) is 26.2 Å². The Labute approximate surface area is 85.2 Å². The molecule has 1 aliphatic heterocycles. The number of nitrogens with one attached hydrogen (secondary N) is 1. The number of hydrogen-bond acceptors (Lipinski definition) is 2. The van der Waals surface area contributed by atoms with Crippen LogP contribution in [-0.2, 0) is 9.53 Å². The maximum atomic E-state index is 10.7. The monoisotopic (exact) mass is 197 g/mol. The molecule has 1 aliphatic carbocycles. The van der Waals surface area contributed by atoms with Gasteiger partial charge in [-0.05, 0) is 37.0 Å². The molecule has 2 rings (SSSR count). The van der Waals surface area contributed by atoms with E-state index in [9.17, 15) is 4.79 Å². The number of amides is 1. The summed E-state index contributed by atoms with van der Waals surface area (Å²) in [5, 5.41) is 2.91. The Bertz CT molecular complexity index is 211. The average Bonchev–Trinajstić information content (AvgIpc) is 2.95. The zero-order valence-electron chi connectivity index (χ0n) is 8.79. The highest BCUT2D eigenvalue weighted by Gasteiger charge is 2.42. The Morgan fingerprint density at radius 3 is 2.79 bits per heavy atom. The van der Waals surface area contributed by atoms with Crippen LogP contribution in [0.15, 0.2) is 0 Å². The molecule has 1 saturated heterocycles. The average molecular weight is 197 g/mol. The van der Waals surface area contributed by atoms with Gasteiger partial charge in [-0.15, -0.1) is 0 Å². The van der Waals surface area contributed by atoms with Crippen LogP contribution in [0.2, 0.25) is 0 Å². The predicted octanol–water partition coefficient (Wildman–Crippen LogP) is 1.19. The molecule has 0 bridgehead atoms. The molecule has 3 heteroatoms. The standard InChI is InChI=1S/C11H19NO2/c1-8(13)12-7-10-6-11(10)9-2-4-14-5-3-9/h9-11H,2-7H2,1H3,(H,12,13). The summed E-state index contributed by atoms with van der Waals surface area (Å²) in [4.78, 5) is 10.7. The summed E-state index contributed by atoms with van der Waals surface area (Å²) in [6, 6.07) is 0. The van der Waals surface area contributed by atoms with Crippen molar-refractivity contribution in [3.05, 3.63) is 0 Å². The van der Waals surface area contributed by atoms with Gasteiger partial charge in [-0.25, -0.2) is 0 Å². The zero-order valence-corrected chi connectivity index (χ0v) is 8.79. The number of hydrogen-bond donors (Lipinski definition) is 1. The Morgan fingerprint density at radius 2 is 2.14 bits per heavy atom. The smallest absolute Gasteiger partial charge is 0.216 e. The second-order valence-electron chi connectivity index (χ2n) is 4.55. The van der Waals surface area contributed by atoms with Gasteiger partial charge in [-0.3, -0.25) is 4.79 Å². The number of carbonyl (C=O) groups excluding carboxylic acids is 1. The maximum Gasteiger partial charge on any atom is 0.216 e. The Hall–Kier alpha value is -0.570. The molecule has 0 spiro atoms. The summed E-state index contributed by atoms with van der Waals surface area (Å²) in [7, 11) is 0. The highest BCUT2D eigenvalue weighted by molar-refractivity contribution is 5.72. The molecule has 2 unspecified atom stereocenters. The van der Waals surface area contributed by atoms with Gasteiger partial charge in [-0.2, -0.15) is 0 Å². The van der Waals surface area contributed by atoms with Crippen molar-refractivity contribution < 1.29 is 9.53 Å². The lowest BCUT2D eigenvalue weighted by Crippen LogP contribution is -2.24. The van der Waals surface area contributed by atoms with Crippen LogP contribution in [0.4, 0.5) is 0 Å². The molecule has 80 valence electrons. The fourth-order valence-electron chi connectivity index (χ4n) is 2.50. The minimum atomic E-state index is 0.0997. The van der Waals surface area contributed by atoms with E-state index in [0.29, 0.717) is 0 Å². The van der Waals surface area contributed by atoms with E-state index < -0.39 is 0 Å². The summed E-state index contributed by atoms with van der Waals surface area (Å²) in [5.74, 6) is 2.58. The highest BCUT2D eigenvalue weighted by Crippen LogP contribution is 2.47. The van der Waals surface area contributed by atoms with Gasteiger partial charge in [0.05, 0.1) is 0 Å². The number of rotatable bonds is 3. The van der Waals surface area contributed by atoms with Crippen molar-refractivity contribution in [1.82, 2.24) is 5.32 Å². The van der Waals surface area contributed by atoms with Crippen molar-refractivity contribution in [1.29, 1.82) is 0 Å². The molecule has 14 heavy (non-hydrogen) atoms. The minimum absolute atomic E-state index is 0.0997. The third-order valence-corrected chi connectivity index (χ3v) is 3.46. The molecule has 0 aromatic rings. The molecular weight excluding hydrogens is 178 g/mol. The Balaban J connectivity index is 1.67. The van der Waals surface area contributed by atoms with Gasteiger partial charge in [0, 0.05) is 26.7 Å². The van der Waals surface area contributed by atoms with Crippen LogP contribution < -0.4 is 5.32 Å². The molecule has 2 atom stereocenters. The van der Waals surface area contributed by atoms with Crippen LogP contribution in [0.25, 0.3) is 0 Å². The molecule has 1 heterocycles. The zero-order chi connectivity index (χ0) is 9.97. The highest BCUT2D eigenvalue weighted by atomic mass is 16.5. The largest absolute Gasteiger partial charge is 0.381 e. The van der Waals surface area contributed by atoms with E-state index in [1.165, 1.54) is 19.3 Å². The van der Waals surface area contributed by atoms with E-state index in [1.807, 2.05) is 0 Å². The van der Waals surface area contributed by atoms with Gasteiger partial charge in [-0.1, -0.05) is 0 Å². The lowest BCUT2D eigenvalue weighted by molar-refractivity contribution is -0.119.